The summed E-state index contributed by atoms with van der Waals surface area (Å²) in [6.07, 6.45) is 5.56. The van der Waals surface area contributed by atoms with Gasteiger partial charge in [-0.15, -0.1) is 0 Å². The monoisotopic (exact) mass is 324 g/mol. The van der Waals surface area contributed by atoms with Gasteiger partial charge in [-0.25, -0.2) is 0 Å². The first kappa shape index (κ1) is 17.4. The summed E-state index contributed by atoms with van der Waals surface area (Å²) in [6.45, 7) is 3.25. The lowest BCUT2D eigenvalue weighted by molar-refractivity contribution is -0.386. The summed E-state index contributed by atoms with van der Waals surface area (Å²) in [5.74, 6) is -0.303. The Kier molecular flexibility index (Phi) is 5.35. The number of nitrogens with one attached hydrogen (secondary N) is 1. The lowest BCUT2D eigenvalue weighted by atomic mass is 9.94. The zero-order valence-electron chi connectivity index (χ0n) is 13.7. The molecule has 0 aromatic carbocycles. The summed E-state index contributed by atoms with van der Waals surface area (Å²) >= 11 is 0. The van der Waals surface area contributed by atoms with E-state index in [0.29, 0.717) is 24.2 Å². The van der Waals surface area contributed by atoms with Crippen LogP contribution in [0.25, 0.3) is 0 Å². The van der Waals surface area contributed by atoms with Crippen molar-refractivity contribution in [2.24, 2.45) is 0 Å². The second kappa shape index (κ2) is 7.08. The van der Waals surface area contributed by atoms with Crippen molar-refractivity contribution in [1.82, 2.24) is 15.1 Å². The Hall–Kier alpha value is -1.96. The molecule has 0 spiro atoms. The molecule has 1 aromatic heterocycles. The van der Waals surface area contributed by atoms with E-state index in [1.165, 1.54) is 4.68 Å². The third-order valence-electron chi connectivity index (χ3n) is 4.47. The molecule has 0 saturated heterocycles. The molecule has 1 aliphatic carbocycles. The number of amides is 1. The summed E-state index contributed by atoms with van der Waals surface area (Å²) in [5, 5.41) is 28.3. The zero-order valence-corrected chi connectivity index (χ0v) is 13.7. The first-order valence-corrected chi connectivity index (χ1v) is 8.00. The number of hydrogen-bond acceptors (Lipinski definition) is 5. The molecule has 0 bridgehead atoms. The quantitative estimate of drug-likeness (QED) is 0.486. The molecule has 2 N–H and O–H groups in total. The number of carbonyl (C=O) groups is 1. The van der Waals surface area contributed by atoms with Crippen LogP contribution in [0.1, 0.15) is 49.9 Å². The van der Waals surface area contributed by atoms with Gasteiger partial charge in [0.25, 0.3) is 0 Å². The van der Waals surface area contributed by atoms with E-state index in [-0.39, 0.29) is 24.7 Å². The Morgan fingerprint density at radius 2 is 1.96 bits per heavy atom. The smallest absolute Gasteiger partial charge is 0.312 e. The molecule has 1 saturated carbocycles. The van der Waals surface area contributed by atoms with Gasteiger partial charge in [0.2, 0.25) is 5.91 Å². The maximum atomic E-state index is 12.1. The van der Waals surface area contributed by atoms with E-state index in [2.05, 4.69) is 10.4 Å². The van der Waals surface area contributed by atoms with Crippen LogP contribution >= 0.6 is 0 Å². The van der Waals surface area contributed by atoms with Crippen LogP contribution in [0.15, 0.2) is 0 Å². The lowest BCUT2D eigenvalue weighted by Crippen LogP contribution is -2.43. The topological polar surface area (TPSA) is 110 Å². The highest BCUT2D eigenvalue weighted by Crippen LogP contribution is 2.26. The van der Waals surface area contributed by atoms with Gasteiger partial charge in [-0.1, -0.05) is 25.7 Å². The number of hydrogen-bond donors (Lipinski definition) is 2. The maximum Gasteiger partial charge on any atom is 0.312 e. The molecule has 23 heavy (non-hydrogen) atoms. The minimum absolute atomic E-state index is 0.0554. The fourth-order valence-electron chi connectivity index (χ4n) is 3.12. The summed E-state index contributed by atoms with van der Waals surface area (Å²) in [6, 6.07) is 0. The second-order valence-electron chi connectivity index (χ2n) is 6.35. The molecule has 1 aromatic rings. The van der Waals surface area contributed by atoms with Crippen molar-refractivity contribution in [2.75, 3.05) is 6.54 Å². The van der Waals surface area contributed by atoms with Crippen molar-refractivity contribution in [3.63, 3.8) is 0 Å². The van der Waals surface area contributed by atoms with Crippen LogP contribution in [-0.4, -0.2) is 37.9 Å². The number of aryl methyl sites for hydroxylation is 1. The van der Waals surface area contributed by atoms with Crippen LogP contribution in [-0.2, 0) is 11.3 Å². The third-order valence-corrected chi connectivity index (χ3v) is 4.47. The van der Waals surface area contributed by atoms with Gasteiger partial charge in [0.1, 0.15) is 17.9 Å². The minimum Gasteiger partial charge on any atom is -0.388 e. The van der Waals surface area contributed by atoms with Gasteiger partial charge >= 0.3 is 5.69 Å². The lowest BCUT2D eigenvalue weighted by Gasteiger charge is -2.26. The van der Waals surface area contributed by atoms with Crippen LogP contribution in [0, 0.1) is 24.0 Å². The van der Waals surface area contributed by atoms with Crippen LogP contribution < -0.4 is 5.32 Å². The Morgan fingerprint density at radius 3 is 2.48 bits per heavy atom. The van der Waals surface area contributed by atoms with Crippen molar-refractivity contribution in [1.29, 1.82) is 0 Å². The molecular weight excluding hydrogens is 300 g/mol. The van der Waals surface area contributed by atoms with E-state index >= 15 is 0 Å². The predicted octanol–water partition coefficient (Wildman–Crippen LogP) is 1.61. The normalized spacial score (nSPS) is 17.5. The van der Waals surface area contributed by atoms with Crippen molar-refractivity contribution in [3.05, 3.63) is 21.5 Å². The van der Waals surface area contributed by atoms with Gasteiger partial charge < -0.3 is 10.4 Å². The van der Waals surface area contributed by atoms with Crippen molar-refractivity contribution in [2.45, 2.75) is 64.5 Å². The van der Waals surface area contributed by atoms with E-state index < -0.39 is 10.5 Å². The highest BCUT2D eigenvalue weighted by atomic mass is 16.6. The molecule has 0 atom stereocenters. The largest absolute Gasteiger partial charge is 0.388 e. The van der Waals surface area contributed by atoms with Crippen molar-refractivity contribution in [3.8, 4) is 0 Å². The Bertz CT molecular complexity index is 589. The molecule has 1 amide bonds. The van der Waals surface area contributed by atoms with Gasteiger partial charge in [0, 0.05) is 6.54 Å². The maximum absolute atomic E-state index is 12.1. The van der Waals surface area contributed by atoms with Gasteiger partial charge in [-0.2, -0.15) is 5.10 Å². The SMILES string of the molecule is Cc1nn(CC(=O)NCC2(O)CCCCCC2)c(C)c1[N+](=O)[O-]. The Balaban J connectivity index is 1.95. The van der Waals surface area contributed by atoms with Crippen molar-refractivity contribution >= 4 is 11.6 Å². The molecule has 0 aliphatic heterocycles. The zero-order chi connectivity index (χ0) is 17.0. The molecule has 0 radical (unpaired) electrons. The summed E-state index contributed by atoms with van der Waals surface area (Å²) in [7, 11) is 0. The minimum atomic E-state index is -0.840. The average molecular weight is 324 g/mol. The second-order valence-corrected chi connectivity index (χ2v) is 6.35. The predicted molar refractivity (Wildman–Crippen MR) is 84.0 cm³/mol. The highest BCUT2D eigenvalue weighted by Gasteiger charge is 2.29. The third kappa shape index (κ3) is 4.28. The van der Waals surface area contributed by atoms with E-state index in [9.17, 15) is 20.0 Å². The van der Waals surface area contributed by atoms with Gasteiger partial charge in [-0.05, 0) is 26.7 Å². The number of aromatic nitrogens is 2. The molecule has 1 heterocycles. The van der Waals surface area contributed by atoms with Crippen LogP contribution in [0.3, 0.4) is 0 Å². The standard InChI is InChI=1S/C15H24N4O4/c1-11-14(19(22)23)12(2)18(17-11)9-13(20)16-10-15(21)7-5-3-4-6-8-15/h21H,3-10H2,1-2H3,(H,16,20). The molecule has 8 heteroatoms. The molecular formula is C15H24N4O4. The van der Waals surface area contributed by atoms with Crippen LogP contribution in [0.2, 0.25) is 0 Å². The Labute approximate surface area is 135 Å². The fourth-order valence-corrected chi connectivity index (χ4v) is 3.12. The van der Waals surface area contributed by atoms with E-state index in [1.807, 2.05) is 0 Å². The molecule has 8 nitrogen and oxygen atoms in total. The summed E-state index contributed by atoms with van der Waals surface area (Å²) in [4.78, 5) is 22.6. The number of rotatable bonds is 5. The summed E-state index contributed by atoms with van der Waals surface area (Å²) < 4.78 is 1.33. The fraction of sp³-hybridized carbons (Fsp3) is 0.733. The first-order valence-electron chi connectivity index (χ1n) is 8.00. The van der Waals surface area contributed by atoms with E-state index in [4.69, 9.17) is 0 Å². The van der Waals surface area contributed by atoms with Crippen LogP contribution in [0.4, 0.5) is 5.69 Å². The Morgan fingerprint density at radius 1 is 1.35 bits per heavy atom. The number of carbonyl (C=O) groups excluding carboxylic acids is 1. The van der Waals surface area contributed by atoms with Gasteiger partial charge in [-0.3, -0.25) is 19.6 Å². The number of aliphatic hydroxyl groups is 1. The molecule has 0 unspecified atom stereocenters. The first-order chi connectivity index (χ1) is 10.8. The van der Waals surface area contributed by atoms with E-state index in [1.54, 1.807) is 13.8 Å². The average Bonchev–Trinajstić information content (AvgIpc) is 2.64. The number of nitro groups is 1. The number of nitrogens with zero attached hydrogens (tertiary/aromatic N) is 3. The highest BCUT2D eigenvalue weighted by molar-refractivity contribution is 5.76. The van der Waals surface area contributed by atoms with Gasteiger partial charge in [0.15, 0.2) is 0 Å². The van der Waals surface area contributed by atoms with E-state index in [0.717, 1.165) is 25.7 Å². The molecule has 1 fully saturated rings. The molecule has 2 rings (SSSR count). The van der Waals surface area contributed by atoms with Gasteiger partial charge in [0.05, 0.1) is 10.5 Å². The van der Waals surface area contributed by atoms with Crippen LogP contribution in [0.5, 0.6) is 0 Å². The summed E-state index contributed by atoms with van der Waals surface area (Å²) in [5.41, 5.74) is -0.244. The van der Waals surface area contributed by atoms with Crippen molar-refractivity contribution < 1.29 is 14.8 Å². The molecule has 128 valence electrons. The molecule has 1 aliphatic rings.